The average molecular weight is 476 g/mol. The molecule has 0 aromatic rings. The second-order valence-corrected chi connectivity index (χ2v) is 7.31. The Hall–Kier alpha value is 0.786. The summed E-state index contributed by atoms with van der Waals surface area (Å²) in [7, 11) is 0. The van der Waals surface area contributed by atoms with E-state index in [2.05, 4.69) is 44.4 Å². The van der Waals surface area contributed by atoms with Gasteiger partial charge in [-0.05, 0) is 0 Å². The van der Waals surface area contributed by atoms with Crippen molar-refractivity contribution in [3.63, 3.8) is 0 Å². The van der Waals surface area contributed by atoms with Gasteiger partial charge in [-0.2, -0.15) is 25.7 Å². The van der Waals surface area contributed by atoms with Crippen LogP contribution in [0.2, 0.25) is 11.5 Å². The number of allylic oxidation sites excluding steroid dienone is 4. The minimum atomic E-state index is 0. The van der Waals surface area contributed by atoms with Crippen LogP contribution in [0.4, 0.5) is 0 Å². The molecule has 0 unspecified atom stereocenters. The van der Waals surface area contributed by atoms with Gasteiger partial charge in [-0.15, -0.1) is 6.42 Å². The fourth-order valence-electron chi connectivity index (χ4n) is 0.871. The zero-order valence-corrected chi connectivity index (χ0v) is 21.8. The topological polar surface area (TPSA) is 71.4 Å². The quantitative estimate of drug-likeness (QED) is 0.284. The standard InChI is InChI=1S/C5H5.3C4H10N.C2H7Ge.Zr/c1-2-4-5-3-1;3*1-2-3-4-5;1-3-2;/h1-3H,4H2;3*5H,2-4H2,1H3;3H,1-2H3;/q4*-1;;+4. The Labute approximate surface area is 179 Å². The molecule has 5 heteroatoms. The van der Waals surface area contributed by atoms with Gasteiger partial charge in [0.05, 0.1) is 0 Å². The van der Waals surface area contributed by atoms with E-state index in [-0.39, 0.29) is 26.2 Å². The molecule has 1 rings (SSSR count). The van der Waals surface area contributed by atoms with E-state index in [1.54, 1.807) is 0 Å². The molecule has 0 amide bonds. The van der Waals surface area contributed by atoms with Crippen LogP contribution in [-0.2, 0) is 26.2 Å². The van der Waals surface area contributed by atoms with Gasteiger partial charge >= 0.3 is 53.1 Å². The summed E-state index contributed by atoms with van der Waals surface area (Å²) < 4.78 is 0. The van der Waals surface area contributed by atoms with Crippen molar-refractivity contribution in [3.05, 3.63) is 41.5 Å². The molecular formula is C19H42GeN3Zr. The van der Waals surface area contributed by atoms with Crippen LogP contribution in [0, 0.1) is 6.08 Å². The molecule has 0 fully saturated rings. The summed E-state index contributed by atoms with van der Waals surface area (Å²) >= 11 is 0.312. The summed E-state index contributed by atoms with van der Waals surface area (Å²) in [6.07, 6.45) is 16.6. The number of nitrogens with one attached hydrogen (secondary N) is 3. The maximum Gasteiger partial charge on any atom is 4.00 e. The summed E-state index contributed by atoms with van der Waals surface area (Å²) in [5.41, 5.74) is 19.8. The first-order valence-corrected chi connectivity index (χ1v) is 13.9. The molecule has 0 atom stereocenters. The van der Waals surface area contributed by atoms with Crippen molar-refractivity contribution in [1.82, 2.24) is 0 Å². The first-order chi connectivity index (χ1) is 11.2. The van der Waals surface area contributed by atoms with Gasteiger partial charge in [0.1, 0.15) is 0 Å². The molecule has 0 bridgehead atoms. The van der Waals surface area contributed by atoms with Crippen LogP contribution in [0.5, 0.6) is 0 Å². The van der Waals surface area contributed by atoms with Gasteiger partial charge in [-0.1, -0.05) is 59.3 Å². The number of rotatable bonds is 6. The van der Waals surface area contributed by atoms with E-state index in [0.29, 0.717) is 35.1 Å². The fourth-order valence-corrected chi connectivity index (χ4v) is 0.871. The molecule has 0 aromatic carbocycles. The molecular weight excluding hydrogens is 434 g/mol. The minimum absolute atomic E-state index is 0. The maximum absolute atomic E-state index is 6.60. The van der Waals surface area contributed by atoms with Gasteiger partial charge < -0.3 is 17.2 Å². The molecule has 1 aliphatic rings. The van der Waals surface area contributed by atoms with Gasteiger partial charge in [-0.3, -0.25) is 6.08 Å². The summed E-state index contributed by atoms with van der Waals surface area (Å²) in [5.74, 6) is 4.56. The van der Waals surface area contributed by atoms with Gasteiger partial charge in [0, 0.05) is 0 Å². The Kier molecular flexibility index (Phi) is 74.0. The first-order valence-electron chi connectivity index (χ1n) is 9.05. The maximum atomic E-state index is 6.60. The normalized spacial score (nSPS) is 9.67. The van der Waals surface area contributed by atoms with Gasteiger partial charge in [0.15, 0.2) is 0 Å². The molecule has 1 radical (unpaired) electrons. The second kappa shape index (κ2) is 49.6. The molecule has 141 valence electrons. The predicted molar refractivity (Wildman–Crippen MR) is 113 cm³/mol. The van der Waals surface area contributed by atoms with Crippen LogP contribution in [0.15, 0.2) is 18.2 Å². The monoisotopic (exact) mass is 476 g/mol. The number of hydrogen-bond acceptors (Lipinski definition) is 0. The van der Waals surface area contributed by atoms with E-state index >= 15 is 0 Å². The molecule has 0 saturated carbocycles. The third kappa shape index (κ3) is 77.9. The van der Waals surface area contributed by atoms with Gasteiger partial charge in [-0.25, -0.2) is 12.2 Å². The van der Waals surface area contributed by atoms with Crippen molar-refractivity contribution >= 4 is 15.4 Å². The van der Waals surface area contributed by atoms with E-state index in [1.807, 2.05) is 12.2 Å². The molecule has 24 heavy (non-hydrogen) atoms. The van der Waals surface area contributed by atoms with Crippen molar-refractivity contribution in [2.24, 2.45) is 0 Å². The largest absolute Gasteiger partial charge is 4.00 e. The molecule has 3 N–H and O–H groups in total. The van der Waals surface area contributed by atoms with E-state index in [1.165, 1.54) is 0 Å². The average Bonchev–Trinajstić information content (AvgIpc) is 3.11. The summed E-state index contributed by atoms with van der Waals surface area (Å²) in [4.78, 5) is 0. The molecule has 0 heterocycles. The number of hydrogen-bond donors (Lipinski definition) is 0. The third-order valence-corrected chi connectivity index (χ3v) is 2.18. The van der Waals surface area contributed by atoms with Crippen molar-refractivity contribution < 1.29 is 26.2 Å². The molecule has 0 spiro atoms. The zero-order chi connectivity index (χ0) is 18.6. The molecule has 0 aromatic heterocycles. The Morgan fingerprint density at radius 2 is 1.17 bits per heavy atom. The van der Waals surface area contributed by atoms with Gasteiger partial charge in [0.2, 0.25) is 0 Å². The fraction of sp³-hybridized carbons (Fsp3) is 0.789. The summed E-state index contributed by atoms with van der Waals surface area (Å²) in [6.45, 7) is 8.06. The SMILES string of the molecule is CCCC[NH-].CCCC[NH-].CCCC[NH-].[C-]1=CC=CC1.[CH3][GeH][CH3].[Zr+4]. The Balaban J connectivity index is -0.0000000627. The number of unbranched alkanes of at least 4 members (excludes halogenated alkanes) is 3. The molecule has 0 saturated heterocycles. The van der Waals surface area contributed by atoms with E-state index in [4.69, 9.17) is 17.2 Å². The van der Waals surface area contributed by atoms with E-state index in [0.717, 1.165) is 44.9 Å². The Bertz CT molecular complexity index is 171. The summed E-state index contributed by atoms with van der Waals surface area (Å²) in [5, 5.41) is 0. The van der Waals surface area contributed by atoms with Crippen LogP contribution in [0.25, 0.3) is 17.2 Å². The van der Waals surface area contributed by atoms with Crippen molar-refractivity contribution in [2.45, 2.75) is 77.2 Å². The molecule has 1 aliphatic carbocycles. The third-order valence-electron chi connectivity index (χ3n) is 2.18. The van der Waals surface area contributed by atoms with Crippen LogP contribution in [0.3, 0.4) is 0 Å². The molecule has 0 aliphatic heterocycles. The Morgan fingerprint density at radius 3 is 1.21 bits per heavy atom. The van der Waals surface area contributed by atoms with Crippen molar-refractivity contribution in [3.8, 4) is 0 Å². The van der Waals surface area contributed by atoms with Crippen molar-refractivity contribution in [2.75, 3.05) is 19.6 Å². The minimum Gasteiger partial charge on any atom is 4.00 e. The summed E-state index contributed by atoms with van der Waals surface area (Å²) in [6, 6.07) is 0. The smallest absolute Gasteiger partial charge is 4.00 e. The molecule has 3 nitrogen and oxygen atoms in total. The van der Waals surface area contributed by atoms with Crippen molar-refractivity contribution in [1.29, 1.82) is 0 Å². The second-order valence-electron chi connectivity index (χ2n) is 4.89. The van der Waals surface area contributed by atoms with E-state index in [9.17, 15) is 0 Å². The Morgan fingerprint density at radius 1 is 0.833 bits per heavy atom. The predicted octanol–water partition coefficient (Wildman–Crippen LogP) is 7.34. The van der Waals surface area contributed by atoms with E-state index < -0.39 is 0 Å². The van der Waals surface area contributed by atoms with Crippen LogP contribution in [-0.4, -0.2) is 35.1 Å². The van der Waals surface area contributed by atoms with Crippen LogP contribution < -0.4 is 0 Å². The first kappa shape index (κ1) is 35.8. The van der Waals surface area contributed by atoms with Crippen LogP contribution in [0.1, 0.15) is 65.7 Å². The van der Waals surface area contributed by atoms with Crippen LogP contribution >= 0.6 is 0 Å². The van der Waals surface area contributed by atoms with Gasteiger partial charge in [0.25, 0.3) is 0 Å². The zero-order valence-electron chi connectivity index (χ0n) is 16.9.